The van der Waals surface area contributed by atoms with Gasteiger partial charge in [-0.1, -0.05) is 31.2 Å². The Balaban J connectivity index is 1.77. The molecule has 5 nitrogen and oxygen atoms in total. The van der Waals surface area contributed by atoms with E-state index in [1.54, 1.807) is 0 Å². The normalized spacial score (nSPS) is 20.5. The number of carbonyl (C=O) groups excluding carboxylic acids is 1. The van der Waals surface area contributed by atoms with Crippen molar-refractivity contribution in [1.82, 2.24) is 10.5 Å². The summed E-state index contributed by atoms with van der Waals surface area (Å²) in [4.78, 5) is 12.1. The van der Waals surface area contributed by atoms with Crippen molar-refractivity contribution in [3.05, 3.63) is 47.2 Å². The Labute approximate surface area is 116 Å². The summed E-state index contributed by atoms with van der Waals surface area (Å²) in [6.07, 6.45) is 0.899. The van der Waals surface area contributed by atoms with Gasteiger partial charge in [0.05, 0.1) is 19.2 Å². The molecule has 5 heteroatoms. The molecule has 1 aliphatic rings. The van der Waals surface area contributed by atoms with Gasteiger partial charge >= 0.3 is 0 Å². The Morgan fingerprint density at radius 1 is 1.40 bits per heavy atom. The second-order valence-corrected chi connectivity index (χ2v) is 5.03. The standard InChI is InChI=1S/C15H16N2O3/c1-9-7-12(11-6-4-3-5-10(9)11)16-15(18)13-8-14(19-2)17-20-13/h3-6,8-9,12H,7H2,1-2H3,(H,16,18)/t9-,12+/m0/s1. The van der Waals surface area contributed by atoms with Gasteiger partial charge in [-0.3, -0.25) is 4.79 Å². The van der Waals surface area contributed by atoms with Gasteiger partial charge in [0.1, 0.15) is 0 Å². The minimum Gasteiger partial charge on any atom is -0.479 e. The number of nitrogens with zero attached hydrogens (tertiary/aromatic N) is 1. The number of aromatic nitrogens is 1. The monoisotopic (exact) mass is 272 g/mol. The Morgan fingerprint density at radius 3 is 2.85 bits per heavy atom. The highest BCUT2D eigenvalue weighted by molar-refractivity contribution is 5.92. The Bertz CT molecular complexity index is 636. The van der Waals surface area contributed by atoms with Gasteiger partial charge in [-0.2, -0.15) is 0 Å². The molecule has 2 aromatic rings. The van der Waals surface area contributed by atoms with E-state index >= 15 is 0 Å². The van der Waals surface area contributed by atoms with Crippen LogP contribution < -0.4 is 10.1 Å². The SMILES string of the molecule is COc1cc(C(=O)N[C@@H]2C[C@H](C)c3ccccc32)on1. The lowest BCUT2D eigenvalue weighted by atomic mass is 10.0. The lowest BCUT2D eigenvalue weighted by molar-refractivity contribution is 0.0898. The average molecular weight is 272 g/mol. The van der Waals surface area contributed by atoms with Crippen LogP contribution in [0.3, 0.4) is 0 Å². The number of amides is 1. The first kappa shape index (κ1) is 12.7. The van der Waals surface area contributed by atoms with Gasteiger partial charge in [-0.25, -0.2) is 0 Å². The van der Waals surface area contributed by atoms with Crippen LogP contribution in [0.5, 0.6) is 5.88 Å². The van der Waals surface area contributed by atoms with Gasteiger partial charge in [-0.15, -0.1) is 0 Å². The van der Waals surface area contributed by atoms with Gasteiger partial charge < -0.3 is 14.6 Å². The molecule has 1 amide bonds. The number of carbonyl (C=O) groups is 1. The van der Waals surface area contributed by atoms with Gasteiger partial charge in [0.2, 0.25) is 5.76 Å². The summed E-state index contributed by atoms with van der Waals surface area (Å²) in [7, 11) is 1.48. The molecule has 0 radical (unpaired) electrons. The van der Waals surface area contributed by atoms with Crippen molar-refractivity contribution < 1.29 is 14.1 Å². The predicted molar refractivity (Wildman–Crippen MR) is 72.7 cm³/mol. The fraction of sp³-hybridized carbons (Fsp3) is 0.333. The van der Waals surface area contributed by atoms with E-state index in [4.69, 9.17) is 9.26 Å². The molecule has 1 heterocycles. The number of rotatable bonds is 3. The Morgan fingerprint density at radius 2 is 2.15 bits per heavy atom. The highest BCUT2D eigenvalue weighted by Gasteiger charge is 2.29. The summed E-state index contributed by atoms with van der Waals surface area (Å²) in [5, 5.41) is 6.62. The van der Waals surface area contributed by atoms with E-state index in [1.807, 2.05) is 12.1 Å². The Kier molecular flexibility index (Phi) is 3.18. The van der Waals surface area contributed by atoms with E-state index in [2.05, 4.69) is 29.5 Å². The second-order valence-electron chi connectivity index (χ2n) is 5.03. The number of ether oxygens (including phenoxy) is 1. The van der Waals surface area contributed by atoms with Crippen molar-refractivity contribution in [3.8, 4) is 5.88 Å². The molecule has 104 valence electrons. The van der Waals surface area contributed by atoms with Crippen molar-refractivity contribution in [3.63, 3.8) is 0 Å². The lowest BCUT2D eigenvalue weighted by Gasteiger charge is -2.12. The molecule has 0 spiro atoms. The van der Waals surface area contributed by atoms with Crippen LogP contribution in [0, 0.1) is 0 Å². The molecule has 0 bridgehead atoms. The summed E-state index contributed by atoms with van der Waals surface area (Å²) in [6, 6.07) is 9.70. The van der Waals surface area contributed by atoms with Crippen LogP contribution in [0.2, 0.25) is 0 Å². The first-order chi connectivity index (χ1) is 9.69. The van der Waals surface area contributed by atoms with Crippen LogP contribution in [0.15, 0.2) is 34.9 Å². The fourth-order valence-corrected chi connectivity index (χ4v) is 2.71. The molecule has 1 aromatic carbocycles. The molecule has 20 heavy (non-hydrogen) atoms. The topological polar surface area (TPSA) is 64.4 Å². The lowest BCUT2D eigenvalue weighted by Crippen LogP contribution is -2.26. The molecule has 1 aliphatic carbocycles. The van der Waals surface area contributed by atoms with Crippen LogP contribution >= 0.6 is 0 Å². The molecule has 1 aromatic heterocycles. The second kappa shape index (κ2) is 5.00. The number of nitrogens with one attached hydrogen (secondary N) is 1. The van der Waals surface area contributed by atoms with E-state index in [0.717, 1.165) is 6.42 Å². The third-order valence-electron chi connectivity index (χ3n) is 3.72. The maximum absolute atomic E-state index is 12.1. The number of benzene rings is 1. The summed E-state index contributed by atoms with van der Waals surface area (Å²) >= 11 is 0. The quantitative estimate of drug-likeness (QED) is 0.933. The summed E-state index contributed by atoms with van der Waals surface area (Å²) in [5.74, 6) is 0.643. The van der Waals surface area contributed by atoms with Crippen LogP contribution in [0.25, 0.3) is 0 Å². The van der Waals surface area contributed by atoms with Gasteiger partial charge in [0.15, 0.2) is 0 Å². The zero-order chi connectivity index (χ0) is 14.1. The molecule has 0 unspecified atom stereocenters. The van der Waals surface area contributed by atoms with Gasteiger partial charge in [-0.05, 0) is 28.6 Å². The van der Waals surface area contributed by atoms with Crippen LogP contribution in [-0.2, 0) is 0 Å². The van der Waals surface area contributed by atoms with Crippen LogP contribution in [0.4, 0.5) is 0 Å². The first-order valence-corrected chi connectivity index (χ1v) is 6.59. The van der Waals surface area contributed by atoms with Crippen LogP contribution in [-0.4, -0.2) is 18.2 Å². The molecule has 1 N–H and O–H groups in total. The number of hydrogen-bond acceptors (Lipinski definition) is 4. The number of fused-ring (bicyclic) bond motifs is 1. The molecule has 2 atom stereocenters. The maximum Gasteiger partial charge on any atom is 0.290 e. The molecular weight excluding hydrogens is 256 g/mol. The minimum atomic E-state index is -0.269. The predicted octanol–water partition coefficient (Wildman–Crippen LogP) is 2.66. The fourth-order valence-electron chi connectivity index (χ4n) is 2.71. The van der Waals surface area contributed by atoms with Crippen molar-refractivity contribution in [2.24, 2.45) is 0 Å². The Hall–Kier alpha value is -2.30. The highest BCUT2D eigenvalue weighted by Crippen LogP contribution is 2.39. The minimum absolute atomic E-state index is 0.0183. The molecule has 0 saturated carbocycles. The zero-order valence-electron chi connectivity index (χ0n) is 11.4. The molecule has 0 aliphatic heterocycles. The van der Waals surface area contributed by atoms with E-state index in [-0.39, 0.29) is 17.7 Å². The zero-order valence-corrected chi connectivity index (χ0v) is 11.4. The number of methoxy groups -OCH3 is 1. The van der Waals surface area contributed by atoms with E-state index < -0.39 is 0 Å². The average Bonchev–Trinajstić information content (AvgIpc) is 3.05. The summed E-state index contributed by atoms with van der Waals surface area (Å²) < 4.78 is 9.86. The first-order valence-electron chi connectivity index (χ1n) is 6.59. The smallest absolute Gasteiger partial charge is 0.290 e. The highest BCUT2D eigenvalue weighted by atomic mass is 16.5. The molecule has 3 rings (SSSR count). The number of hydrogen-bond donors (Lipinski definition) is 1. The largest absolute Gasteiger partial charge is 0.479 e. The van der Waals surface area contributed by atoms with Gasteiger partial charge in [0.25, 0.3) is 11.8 Å². The van der Waals surface area contributed by atoms with Crippen molar-refractivity contribution in [1.29, 1.82) is 0 Å². The van der Waals surface area contributed by atoms with Gasteiger partial charge in [0, 0.05) is 0 Å². The van der Waals surface area contributed by atoms with Crippen LogP contribution in [0.1, 0.15) is 47.0 Å². The maximum atomic E-state index is 12.1. The molecule has 0 fully saturated rings. The molecular formula is C15H16N2O3. The summed E-state index contributed by atoms with van der Waals surface area (Å²) in [5.41, 5.74) is 2.48. The van der Waals surface area contributed by atoms with E-state index in [9.17, 15) is 4.79 Å². The molecule has 0 saturated heterocycles. The van der Waals surface area contributed by atoms with E-state index in [0.29, 0.717) is 11.8 Å². The third-order valence-corrected chi connectivity index (χ3v) is 3.72. The summed E-state index contributed by atoms with van der Waals surface area (Å²) in [6.45, 7) is 2.17. The van der Waals surface area contributed by atoms with Crippen molar-refractivity contribution in [2.75, 3.05) is 7.11 Å². The van der Waals surface area contributed by atoms with Crippen molar-refractivity contribution >= 4 is 5.91 Å². The third kappa shape index (κ3) is 2.15. The van der Waals surface area contributed by atoms with Crippen molar-refractivity contribution in [2.45, 2.75) is 25.3 Å². The van der Waals surface area contributed by atoms with E-state index in [1.165, 1.54) is 24.3 Å².